The van der Waals surface area contributed by atoms with Gasteiger partial charge in [0.05, 0.1) is 9.26 Å². The minimum absolute atomic E-state index is 0.366. The Morgan fingerprint density at radius 2 is 2.17 bits per heavy atom. The Kier molecular flexibility index (Phi) is 4.83. The molecule has 1 fully saturated rings. The molecule has 0 amide bonds. The van der Waals surface area contributed by atoms with Crippen molar-refractivity contribution < 1.29 is 4.74 Å². The molecule has 1 atom stereocenters. The number of hydrogen-bond acceptors (Lipinski definition) is 3. The number of rotatable bonds is 3. The van der Waals surface area contributed by atoms with E-state index < -0.39 is 0 Å². The van der Waals surface area contributed by atoms with Crippen molar-refractivity contribution in [1.29, 1.82) is 0 Å². The summed E-state index contributed by atoms with van der Waals surface area (Å²) in [7, 11) is 0. The maximum atomic E-state index is 6.22. The molecule has 18 heavy (non-hydrogen) atoms. The van der Waals surface area contributed by atoms with Crippen LogP contribution in [0.2, 0.25) is 5.15 Å². The highest BCUT2D eigenvalue weighted by Crippen LogP contribution is 2.34. The second-order valence-corrected chi connectivity index (χ2v) is 6.32. The van der Waals surface area contributed by atoms with Gasteiger partial charge in [-0.25, -0.2) is 9.97 Å². The van der Waals surface area contributed by atoms with Crippen molar-refractivity contribution >= 4 is 34.2 Å². The van der Waals surface area contributed by atoms with E-state index in [0.717, 1.165) is 53.8 Å². The Morgan fingerprint density at radius 1 is 1.39 bits per heavy atom. The Labute approximate surface area is 127 Å². The van der Waals surface area contributed by atoms with E-state index in [1.165, 1.54) is 0 Å². The van der Waals surface area contributed by atoms with Gasteiger partial charge in [-0.3, -0.25) is 0 Å². The maximum Gasteiger partial charge on any atom is 0.161 e. The molecule has 2 rings (SSSR count). The molecule has 0 aliphatic carbocycles. The molecule has 0 aromatic carbocycles. The lowest BCUT2D eigenvalue weighted by Crippen LogP contribution is -2.33. The van der Waals surface area contributed by atoms with Crippen LogP contribution in [-0.4, -0.2) is 16.6 Å². The summed E-state index contributed by atoms with van der Waals surface area (Å²) in [5, 5.41) is 0.555. The van der Waals surface area contributed by atoms with Gasteiger partial charge in [0.1, 0.15) is 10.8 Å². The molecule has 1 saturated heterocycles. The SMILES string of the molecule is CCCc1nc(C2(C)CCCCO2)nc(Cl)c1I. The molecule has 0 spiro atoms. The number of hydrogen-bond donors (Lipinski definition) is 0. The van der Waals surface area contributed by atoms with Crippen LogP contribution in [0, 0.1) is 3.57 Å². The summed E-state index contributed by atoms with van der Waals surface area (Å²) in [6.07, 6.45) is 5.24. The lowest BCUT2D eigenvalue weighted by Gasteiger charge is -2.32. The van der Waals surface area contributed by atoms with Crippen molar-refractivity contribution in [1.82, 2.24) is 9.97 Å². The molecular weight excluding hydrogens is 363 g/mol. The zero-order valence-electron chi connectivity index (χ0n) is 10.8. The smallest absolute Gasteiger partial charge is 0.161 e. The predicted octanol–water partition coefficient (Wildman–Crippen LogP) is 4.10. The molecule has 1 unspecified atom stereocenters. The normalized spacial score (nSPS) is 24.2. The van der Waals surface area contributed by atoms with Crippen molar-refractivity contribution in [3.8, 4) is 0 Å². The first-order valence-electron chi connectivity index (χ1n) is 6.43. The van der Waals surface area contributed by atoms with E-state index in [2.05, 4.69) is 41.4 Å². The minimum Gasteiger partial charge on any atom is -0.367 e. The molecule has 1 aromatic rings. The summed E-state index contributed by atoms with van der Waals surface area (Å²) in [6.45, 7) is 5.00. The van der Waals surface area contributed by atoms with Crippen molar-refractivity contribution in [2.24, 2.45) is 0 Å². The van der Waals surface area contributed by atoms with Crippen LogP contribution >= 0.6 is 34.2 Å². The summed E-state index contributed by atoms with van der Waals surface area (Å²) in [6, 6.07) is 0. The van der Waals surface area contributed by atoms with Crippen molar-refractivity contribution in [3.05, 3.63) is 20.2 Å². The minimum atomic E-state index is -0.366. The van der Waals surface area contributed by atoms with Crippen LogP contribution in [0.4, 0.5) is 0 Å². The highest BCUT2D eigenvalue weighted by molar-refractivity contribution is 14.1. The van der Waals surface area contributed by atoms with Crippen LogP contribution in [0.3, 0.4) is 0 Å². The number of ether oxygens (including phenoxy) is 1. The van der Waals surface area contributed by atoms with E-state index in [9.17, 15) is 0 Å². The fourth-order valence-electron chi connectivity index (χ4n) is 2.21. The van der Waals surface area contributed by atoms with Crippen LogP contribution in [0.25, 0.3) is 0 Å². The summed E-state index contributed by atoms with van der Waals surface area (Å²) in [5.74, 6) is 0.746. The molecule has 2 heterocycles. The van der Waals surface area contributed by atoms with Crippen LogP contribution in [0.5, 0.6) is 0 Å². The maximum absolute atomic E-state index is 6.22. The Morgan fingerprint density at radius 3 is 2.78 bits per heavy atom. The van der Waals surface area contributed by atoms with Crippen LogP contribution < -0.4 is 0 Å². The largest absolute Gasteiger partial charge is 0.367 e. The third-order valence-corrected chi connectivity index (χ3v) is 5.03. The Hall–Kier alpha value is 0.0600. The number of halogens is 2. The van der Waals surface area contributed by atoms with E-state index >= 15 is 0 Å². The van der Waals surface area contributed by atoms with E-state index in [0.29, 0.717) is 5.15 Å². The molecule has 3 nitrogen and oxygen atoms in total. The van der Waals surface area contributed by atoms with Gasteiger partial charge in [0.2, 0.25) is 0 Å². The number of aromatic nitrogens is 2. The highest BCUT2D eigenvalue weighted by atomic mass is 127. The lowest BCUT2D eigenvalue weighted by atomic mass is 9.95. The van der Waals surface area contributed by atoms with Gasteiger partial charge in [0.25, 0.3) is 0 Å². The van der Waals surface area contributed by atoms with Crippen LogP contribution in [-0.2, 0) is 16.8 Å². The second kappa shape index (κ2) is 6.01. The zero-order valence-corrected chi connectivity index (χ0v) is 13.7. The average molecular weight is 381 g/mol. The van der Waals surface area contributed by atoms with E-state index in [1.54, 1.807) is 0 Å². The molecule has 0 N–H and O–H groups in total. The number of nitrogens with zero attached hydrogens (tertiary/aromatic N) is 2. The predicted molar refractivity (Wildman–Crippen MR) is 80.9 cm³/mol. The lowest BCUT2D eigenvalue weighted by molar-refractivity contribution is -0.0761. The number of aryl methyl sites for hydroxylation is 1. The molecule has 0 radical (unpaired) electrons. The van der Waals surface area contributed by atoms with E-state index in [1.807, 2.05) is 0 Å². The molecule has 100 valence electrons. The van der Waals surface area contributed by atoms with Gasteiger partial charge in [-0.15, -0.1) is 0 Å². The van der Waals surface area contributed by atoms with Gasteiger partial charge in [0, 0.05) is 6.61 Å². The van der Waals surface area contributed by atoms with Gasteiger partial charge < -0.3 is 4.74 Å². The third-order valence-electron chi connectivity index (χ3n) is 3.31. The molecule has 1 aliphatic rings. The van der Waals surface area contributed by atoms with E-state index in [4.69, 9.17) is 21.3 Å². The topological polar surface area (TPSA) is 35.0 Å². The van der Waals surface area contributed by atoms with Gasteiger partial charge in [-0.05, 0) is 55.2 Å². The summed E-state index contributed by atoms with van der Waals surface area (Å²) in [4.78, 5) is 9.12. The zero-order chi connectivity index (χ0) is 13.2. The van der Waals surface area contributed by atoms with E-state index in [-0.39, 0.29) is 5.60 Å². The first-order chi connectivity index (χ1) is 8.57. The van der Waals surface area contributed by atoms with Crippen LogP contribution in [0.15, 0.2) is 0 Å². The van der Waals surface area contributed by atoms with Gasteiger partial charge in [-0.1, -0.05) is 24.9 Å². The quantitative estimate of drug-likeness (QED) is 0.585. The van der Waals surface area contributed by atoms with Gasteiger partial charge in [0.15, 0.2) is 5.82 Å². The van der Waals surface area contributed by atoms with Gasteiger partial charge in [-0.2, -0.15) is 0 Å². The molecule has 0 saturated carbocycles. The standard InChI is InChI=1S/C13H18ClIN2O/c1-3-6-9-10(15)11(14)17-12(16-9)13(2)7-4-5-8-18-13/h3-8H2,1-2H3. The van der Waals surface area contributed by atoms with Crippen molar-refractivity contribution in [2.45, 2.75) is 51.6 Å². The summed E-state index contributed by atoms with van der Waals surface area (Å²) in [5.41, 5.74) is 0.679. The molecule has 1 aliphatic heterocycles. The summed E-state index contributed by atoms with van der Waals surface area (Å²) < 4.78 is 6.86. The average Bonchev–Trinajstić information content (AvgIpc) is 2.36. The first kappa shape index (κ1) is 14.5. The second-order valence-electron chi connectivity index (χ2n) is 4.89. The first-order valence-corrected chi connectivity index (χ1v) is 7.89. The monoisotopic (exact) mass is 380 g/mol. The molecule has 0 bridgehead atoms. The van der Waals surface area contributed by atoms with Crippen LogP contribution in [0.1, 0.15) is 51.0 Å². The highest BCUT2D eigenvalue weighted by Gasteiger charge is 2.34. The fraction of sp³-hybridized carbons (Fsp3) is 0.692. The van der Waals surface area contributed by atoms with Crippen molar-refractivity contribution in [3.63, 3.8) is 0 Å². The molecule has 5 heteroatoms. The molecular formula is C13H18ClIN2O. The Balaban J connectivity index is 2.38. The molecule has 1 aromatic heterocycles. The van der Waals surface area contributed by atoms with Crippen molar-refractivity contribution in [2.75, 3.05) is 6.61 Å². The summed E-state index contributed by atoms with van der Waals surface area (Å²) >= 11 is 8.44. The van der Waals surface area contributed by atoms with Gasteiger partial charge >= 0.3 is 0 Å². The Bertz CT molecular complexity index is 433. The third kappa shape index (κ3) is 2.96. The fourth-order valence-corrected chi connectivity index (χ4v) is 2.91.